The fourth-order valence-corrected chi connectivity index (χ4v) is 3.26. The van der Waals surface area contributed by atoms with Gasteiger partial charge in [0, 0.05) is 36.0 Å². The molecule has 20 heavy (non-hydrogen) atoms. The molecule has 2 aromatic heterocycles. The third-order valence-corrected chi connectivity index (χ3v) is 4.51. The molecular weight excluding hydrogens is 387 g/mol. The van der Waals surface area contributed by atoms with Crippen molar-refractivity contribution < 1.29 is 4.52 Å². The predicted octanol–water partition coefficient (Wildman–Crippen LogP) is 2.81. The van der Waals surface area contributed by atoms with E-state index in [1.54, 1.807) is 11.3 Å². The molecule has 2 aromatic rings. The fourth-order valence-electron chi connectivity index (χ4n) is 1.91. The van der Waals surface area contributed by atoms with E-state index in [0.29, 0.717) is 11.7 Å². The minimum absolute atomic E-state index is 0. The summed E-state index contributed by atoms with van der Waals surface area (Å²) in [6.45, 7) is 4.85. The van der Waals surface area contributed by atoms with Gasteiger partial charge in [-0.05, 0) is 22.0 Å². The van der Waals surface area contributed by atoms with Gasteiger partial charge in [0.25, 0.3) is 0 Å². The second kappa shape index (κ2) is 8.31. The number of thiophene rings is 1. The molecule has 0 aromatic carbocycles. The quantitative estimate of drug-likeness (QED) is 0.856. The summed E-state index contributed by atoms with van der Waals surface area (Å²) < 4.78 is 6.35. The van der Waals surface area contributed by atoms with E-state index in [0.717, 1.165) is 42.1 Å². The van der Waals surface area contributed by atoms with Gasteiger partial charge in [0.1, 0.15) is 0 Å². The van der Waals surface area contributed by atoms with Gasteiger partial charge in [0.2, 0.25) is 11.7 Å². The van der Waals surface area contributed by atoms with Crippen molar-refractivity contribution in [1.29, 1.82) is 0 Å². The van der Waals surface area contributed by atoms with Crippen LogP contribution in [0.2, 0.25) is 0 Å². The Morgan fingerprint density at radius 1 is 1.35 bits per heavy atom. The smallest absolute Gasteiger partial charge is 0.241 e. The van der Waals surface area contributed by atoms with E-state index in [9.17, 15) is 0 Å². The Morgan fingerprint density at radius 3 is 2.75 bits per heavy atom. The molecule has 0 spiro atoms. The summed E-state index contributed by atoms with van der Waals surface area (Å²) in [6.07, 6.45) is 0. The molecular formula is C11H15BrCl2N4OS. The lowest BCUT2D eigenvalue weighted by atomic mass is 10.3. The standard InChI is InChI=1S/C11H13BrN4OS.2ClH/c12-8-5-9(18-7-8)11-14-10(17-15-11)6-16-3-1-13-2-4-16;;/h5,7,13H,1-4,6H2;2*1H. The highest BCUT2D eigenvalue weighted by molar-refractivity contribution is 9.10. The largest absolute Gasteiger partial charge is 0.338 e. The summed E-state index contributed by atoms with van der Waals surface area (Å²) in [6, 6.07) is 2.00. The molecule has 3 rings (SSSR count). The number of nitrogens with zero attached hydrogens (tertiary/aromatic N) is 3. The average Bonchev–Trinajstić information content (AvgIpc) is 2.99. The zero-order valence-corrected chi connectivity index (χ0v) is 14.6. The second-order valence-corrected chi connectivity index (χ2v) is 5.99. The van der Waals surface area contributed by atoms with Crippen molar-refractivity contribution >= 4 is 52.1 Å². The van der Waals surface area contributed by atoms with Crippen molar-refractivity contribution in [3.05, 3.63) is 21.8 Å². The number of nitrogens with one attached hydrogen (secondary N) is 1. The molecule has 1 fully saturated rings. The van der Waals surface area contributed by atoms with Gasteiger partial charge in [0.05, 0.1) is 11.4 Å². The van der Waals surface area contributed by atoms with Gasteiger partial charge in [-0.1, -0.05) is 5.16 Å². The Morgan fingerprint density at radius 2 is 2.10 bits per heavy atom. The molecule has 1 aliphatic rings. The molecule has 5 nitrogen and oxygen atoms in total. The van der Waals surface area contributed by atoms with E-state index in [1.165, 1.54) is 0 Å². The molecule has 1 saturated heterocycles. The van der Waals surface area contributed by atoms with Gasteiger partial charge >= 0.3 is 0 Å². The van der Waals surface area contributed by atoms with Crippen molar-refractivity contribution in [3.8, 4) is 10.7 Å². The van der Waals surface area contributed by atoms with Gasteiger partial charge in [-0.15, -0.1) is 36.2 Å². The van der Waals surface area contributed by atoms with Crippen LogP contribution >= 0.6 is 52.1 Å². The molecule has 1 N–H and O–H groups in total. The Hall–Kier alpha value is -0.180. The van der Waals surface area contributed by atoms with Crippen molar-refractivity contribution in [2.75, 3.05) is 26.2 Å². The zero-order chi connectivity index (χ0) is 12.4. The maximum Gasteiger partial charge on any atom is 0.241 e. The van der Waals surface area contributed by atoms with Crippen LogP contribution in [0, 0.1) is 0 Å². The van der Waals surface area contributed by atoms with Crippen molar-refractivity contribution in [2.45, 2.75) is 6.54 Å². The van der Waals surface area contributed by atoms with Crippen LogP contribution in [-0.4, -0.2) is 41.2 Å². The second-order valence-electron chi connectivity index (χ2n) is 4.17. The van der Waals surface area contributed by atoms with Crippen LogP contribution in [0.25, 0.3) is 10.7 Å². The minimum Gasteiger partial charge on any atom is -0.338 e. The van der Waals surface area contributed by atoms with Crippen molar-refractivity contribution in [3.63, 3.8) is 0 Å². The van der Waals surface area contributed by atoms with Crippen molar-refractivity contribution in [2.24, 2.45) is 0 Å². The van der Waals surface area contributed by atoms with Gasteiger partial charge < -0.3 is 9.84 Å². The SMILES string of the molecule is Brc1csc(-c2noc(CN3CCNCC3)n2)c1.Cl.Cl. The Bertz CT molecular complexity index is 530. The number of hydrogen-bond acceptors (Lipinski definition) is 6. The highest BCUT2D eigenvalue weighted by atomic mass is 79.9. The van der Waals surface area contributed by atoms with Crippen molar-refractivity contribution in [1.82, 2.24) is 20.4 Å². The lowest BCUT2D eigenvalue weighted by Gasteiger charge is -2.25. The monoisotopic (exact) mass is 400 g/mol. The van der Waals surface area contributed by atoms with Crippen LogP contribution in [0.4, 0.5) is 0 Å². The summed E-state index contributed by atoms with van der Waals surface area (Å²) in [4.78, 5) is 7.78. The minimum atomic E-state index is 0. The lowest BCUT2D eigenvalue weighted by Crippen LogP contribution is -2.42. The van der Waals surface area contributed by atoms with Crippen LogP contribution in [0.1, 0.15) is 5.89 Å². The summed E-state index contributed by atoms with van der Waals surface area (Å²) in [5.41, 5.74) is 0. The van der Waals surface area contributed by atoms with Gasteiger partial charge in [-0.3, -0.25) is 4.90 Å². The highest BCUT2D eigenvalue weighted by Crippen LogP contribution is 2.27. The molecule has 1 aliphatic heterocycles. The van der Waals surface area contributed by atoms with E-state index in [4.69, 9.17) is 4.52 Å². The van der Waals surface area contributed by atoms with E-state index in [-0.39, 0.29) is 24.8 Å². The lowest BCUT2D eigenvalue weighted by molar-refractivity contribution is 0.203. The van der Waals surface area contributed by atoms with Crippen LogP contribution < -0.4 is 5.32 Å². The molecule has 9 heteroatoms. The number of halogens is 3. The van der Waals surface area contributed by atoms with E-state index >= 15 is 0 Å². The number of rotatable bonds is 3. The van der Waals surface area contributed by atoms with E-state index in [1.807, 2.05) is 11.4 Å². The van der Waals surface area contributed by atoms with E-state index < -0.39 is 0 Å². The molecule has 0 unspecified atom stereocenters. The Kier molecular flexibility index (Phi) is 7.42. The number of piperazine rings is 1. The summed E-state index contributed by atoms with van der Waals surface area (Å²) in [5, 5.41) is 9.36. The third-order valence-electron chi connectivity index (χ3n) is 2.82. The van der Waals surface area contributed by atoms with Gasteiger partial charge in [-0.2, -0.15) is 4.98 Å². The van der Waals surface area contributed by atoms with Crippen LogP contribution in [0.15, 0.2) is 20.4 Å². The molecule has 0 amide bonds. The number of hydrogen-bond donors (Lipinski definition) is 1. The number of aromatic nitrogens is 2. The first-order chi connectivity index (χ1) is 8.81. The summed E-state index contributed by atoms with van der Waals surface area (Å²) in [5.74, 6) is 1.37. The zero-order valence-electron chi connectivity index (χ0n) is 10.5. The molecule has 0 radical (unpaired) electrons. The first-order valence-electron chi connectivity index (χ1n) is 5.81. The maximum atomic E-state index is 5.30. The molecule has 3 heterocycles. The van der Waals surface area contributed by atoms with Gasteiger partial charge in [0.15, 0.2) is 0 Å². The topological polar surface area (TPSA) is 54.2 Å². The fraction of sp³-hybridized carbons (Fsp3) is 0.455. The average molecular weight is 402 g/mol. The van der Waals surface area contributed by atoms with Crippen LogP contribution in [0.5, 0.6) is 0 Å². The normalized spacial score (nSPS) is 15.4. The van der Waals surface area contributed by atoms with Crippen LogP contribution in [-0.2, 0) is 6.54 Å². The Balaban J connectivity index is 0.000001000. The molecule has 112 valence electrons. The Labute approximate surface area is 142 Å². The molecule has 0 aliphatic carbocycles. The summed E-state index contributed by atoms with van der Waals surface area (Å²) in [7, 11) is 0. The van der Waals surface area contributed by atoms with Gasteiger partial charge in [-0.25, -0.2) is 0 Å². The highest BCUT2D eigenvalue weighted by Gasteiger charge is 2.15. The molecule has 0 atom stereocenters. The first-order valence-corrected chi connectivity index (χ1v) is 7.48. The van der Waals surface area contributed by atoms with E-state index in [2.05, 4.69) is 36.3 Å². The first kappa shape index (κ1) is 17.9. The predicted molar refractivity (Wildman–Crippen MR) is 88.0 cm³/mol. The molecule has 0 saturated carbocycles. The molecule has 0 bridgehead atoms. The van der Waals surface area contributed by atoms with Crippen LogP contribution in [0.3, 0.4) is 0 Å². The maximum absolute atomic E-state index is 5.30. The summed E-state index contributed by atoms with van der Waals surface area (Å²) >= 11 is 5.03. The third kappa shape index (κ3) is 4.41.